The number of aryl methyl sites for hydroxylation is 1. The third-order valence-corrected chi connectivity index (χ3v) is 4.83. The van der Waals surface area contributed by atoms with Gasteiger partial charge in [0.05, 0.1) is 12.6 Å². The SMILES string of the molecule is CC1=NCC(c2nnc3n2CCN(C(=O)c2ccccc2C)[C@@H]3C)=N1. The van der Waals surface area contributed by atoms with Crippen molar-refractivity contribution >= 4 is 17.5 Å². The molecule has 128 valence electrons. The van der Waals surface area contributed by atoms with Gasteiger partial charge in [0.2, 0.25) is 0 Å². The molecule has 0 radical (unpaired) electrons. The molecule has 25 heavy (non-hydrogen) atoms. The Hall–Kier alpha value is -2.83. The molecule has 1 aromatic heterocycles. The first-order chi connectivity index (χ1) is 12.1. The molecule has 1 amide bonds. The van der Waals surface area contributed by atoms with Crippen LogP contribution in [0.5, 0.6) is 0 Å². The highest BCUT2D eigenvalue weighted by molar-refractivity contribution is 6.10. The Kier molecular flexibility index (Phi) is 3.71. The van der Waals surface area contributed by atoms with Gasteiger partial charge in [-0.1, -0.05) is 18.2 Å². The minimum Gasteiger partial charge on any atom is -0.327 e. The fourth-order valence-electron chi connectivity index (χ4n) is 3.42. The van der Waals surface area contributed by atoms with Crippen LogP contribution in [-0.2, 0) is 6.54 Å². The molecule has 4 rings (SSSR count). The van der Waals surface area contributed by atoms with E-state index in [0.717, 1.165) is 34.3 Å². The summed E-state index contributed by atoms with van der Waals surface area (Å²) in [6.07, 6.45) is 0. The number of rotatable bonds is 2. The van der Waals surface area contributed by atoms with E-state index in [4.69, 9.17) is 0 Å². The van der Waals surface area contributed by atoms with Crippen molar-refractivity contribution in [3.8, 4) is 0 Å². The van der Waals surface area contributed by atoms with Crippen LogP contribution in [0.2, 0.25) is 0 Å². The molecule has 0 spiro atoms. The Bertz CT molecular complexity index is 910. The maximum Gasteiger partial charge on any atom is 0.254 e. The monoisotopic (exact) mass is 336 g/mol. The summed E-state index contributed by atoms with van der Waals surface area (Å²) in [6, 6.07) is 7.55. The van der Waals surface area contributed by atoms with Gasteiger partial charge in [0.15, 0.2) is 11.6 Å². The Morgan fingerprint density at radius 3 is 2.68 bits per heavy atom. The Morgan fingerprint density at radius 1 is 1.16 bits per heavy atom. The van der Waals surface area contributed by atoms with Gasteiger partial charge < -0.3 is 9.47 Å². The van der Waals surface area contributed by atoms with Crippen LogP contribution in [0.15, 0.2) is 34.3 Å². The van der Waals surface area contributed by atoms with Crippen molar-refractivity contribution < 1.29 is 4.79 Å². The second-order valence-corrected chi connectivity index (χ2v) is 6.44. The summed E-state index contributed by atoms with van der Waals surface area (Å²) in [7, 11) is 0. The molecule has 7 heteroatoms. The van der Waals surface area contributed by atoms with Crippen molar-refractivity contribution in [2.45, 2.75) is 33.4 Å². The van der Waals surface area contributed by atoms with Gasteiger partial charge in [-0.15, -0.1) is 10.2 Å². The summed E-state index contributed by atoms with van der Waals surface area (Å²) < 4.78 is 2.07. The number of amides is 1. The Balaban J connectivity index is 1.63. The Labute approximate surface area is 146 Å². The Morgan fingerprint density at radius 2 is 1.96 bits per heavy atom. The van der Waals surface area contributed by atoms with E-state index in [1.165, 1.54) is 0 Å². The number of carbonyl (C=O) groups excluding carboxylic acids is 1. The van der Waals surface area contributed by atoms with Crippen LogP contribution in [0.25, 0.3) is 0 Å². The molecule has 0 fully saturated rings. The zero-order chi connectivity index (χ0) is 17.6. The third kappa shape index (κ3) is 2.56. The van der Waals surface area contributed by atoms with Crippen LogP contribution >= 0.6 is 0 Å². The van der Waals surface area contributed by atoms with Crippen molar-refractivity contribution in [2.24, 2.45) is 9.98 Å². The zero-order valence-corrected chi connectivity index (χ0v) is 14.6. The zero-order valence-electron chi connectivity index (χ0n) is 14.6. The fourth-order valence-corrected chi connectivity index (χ4v) is 3.42. The van der Waals surface area contributed by atoms with Crippen molar-refractivity contribution in [1.29, 1.82) is 0 Å². The number of aliphatic imine (C=N–C) groups is 2. The van der Waals surface area contributed by atoms with Gasteiger partial charge in [0, 0.05) is 18.7 Å². The lowest BCUT2D eigenvalue weighted by atomic mass is 10.1. The summed E-state index contributed by atoms with van der Waals surface area (Å²) in [5.41, 5.74) is 2.58. The molecule has 1 aromatic carbocycles. The molecule has 2 aromatic rings. The maximum absolute atomic E-state index is 13.0. The minimum atomic E-state index is -0.133. The molecule has 1 atom stereocenters. The lowest BCUT2D eigenvalue weighted by Crippen LogP contribution is -2.42. The predicted molar refractivity (Wildman–Crippen MR) is 95.2 cm³/mol. The van der Waals surface area contributed by atoms with E-state index in [-0.39, 0.29) is 11.9 Å². The van der Waals surface area contributed by atoms with Crippen LogP contribution in [0, 0.1) is 6.92 Å². The molecule has 2 aliphatic rings. The number of aromatic nitrogens is 3. The largest absolute Gasteiger partial charge is 0.327 e. The van der Waals surface area contributed by atoms with Crippen LogP contribution in [-0.4, -0.2) is 50.2 Å². The summed E-state index contributed by atoms with van der Waals surface area (Å²) in [4.78, 5) is 23.6. The van der Waals surface area contributed by atoms with Gasteiger partial charge in [-0.25, -0.2) is 4.99 Å². The van der Waals surface area contributed by atoms with Gasteiger partial charge in [-0.2, -0.15) is 0 Å². The molecule has 0 saturated carbocycles. The molecule has 0 bridgehead atoms. The van der Waals surface area contributed by atoms with Crippen molar-refractivity contribution in [3.63, 3.8) is 0 Å². The quantitative estimate of drug-likeness (QED) is 0.842. The van der Waals surface area contributed by atoms with Crippen LogP contribution in [0.1, 0.15) is 47.5 Å². The van der Waals surface area contributed by atoms with Crippen LogP contribution in [0.4, 0.5) is 0 Å². The number of benzene rings is 1. The molecule has 0 N–H and O–H groups in total. The maximum atomic E-state index is 13.0. The average Bonchev–Trinajstić information content (AvgIpc) is 3.21. The average molecular weight is 336 g/mol. The molecule has 7 nitrogen and oxygen atoms in total. The number of nitrogens with zero attached hydrogens (tertiary/aromatic N) is 6. The predicted octanol–water partition coefficient (Wildman–Crippen LogP) is 2.02. The first-order valence-corrected chi connectivity index (χ1v) is 8.45. The van der Waals surface area contributed by atoms with E-state index < -0.39 is 0 Å². The van der Waals surface area contributed by atoms with Gasteiger partial charge in [-0.05, 0) is 32.4 Å². The summed E-state index contributed by atoms with van der Waals surface area (Å²) in [5.74, 6) is 2.38. The van der Waals surface area contributed by atoms with E-state index in [1.807, 2.05) is 49.9 Å². The second kappa shape index (κ2) is 5.91. The lowest BCUT2D eigenvalue weighted by Gasteiger charge is -2.34. The number of hydrogen-bond acceptors (Lipinski definition) is 5. The molecule has 0 aliphatic carbocycles. The molecular weight excluding hydrogens is 316 g/mol. The number of amidine groups is 1. The van der Waals surface area contributed by atoms with Crippen LogP contribution < -0.4 is 0 Å². The third-order valence-electron chi connectivity index (χ3n) is 4.83. The van der Waals surface area contributed by atoms with E-state index in [9.17, 15) is 4.79 Å². The standard InChI is InChI=1S/C18H20N6O/c1-11-6-4-5-7-14(11)18(25)23-8-9-24-16(12(23)2)21-22-17(24)15-10-19-13(3)20-15/h4-7,12H,8-10H2,1-3H3/t12-/m1/s1. The highest BCUT2D eigenvalue weighted by atomic mass is 16.2. The molecule has 3 heterocycles. The van der Waals surface area contributed by atoms with E-state index in [2.05, 4.69) is 24.7 Å². The summed E-state index contributed by atoms with van der Waals surface area (Å²) >= 11 is 0. The highest BCUT2D eigenvalue weighted by Gasteiger charge is 2.33. The lowest BCUT2D eigenvalue weighted by molar-refractivity contribution is 0.0636. The topological polar surface area (TPSA) is 75.7 Å². The molecule has 0 saturated heterocycles. The van der Waals surface area contributed by atoms with E-state index in [0.29, 0.717) is 19.6 Å². The number of fused-ring (bicyclic) bond motifs is 1. The number of hydrogen-bond donors (Lipinski definition) is 0. The normalized spacial score (nSPS) is 19.5. The van der Waals surface area contributed by atoms with Gasteiger partial charge in [0.25, 0.3) is 5.91 Å². The fraction of sp³-hybridized carbons (Fsp3) is 0.389. The first kappa shape index (κ1) is 15.7. The first-order valence-electron chi connectivity index (χ1n) is 8.45. The van der Waals surface area contributed by atoms with Gasteiger partial charge in [-0.3, -0.25) is 9.79 Å². The van der Waals surface area contributed by atoms with Crippen molar-refractivity contribution in [3.05, 3.63) is 47.0 Å². The number of carbonyl (C=O) groups is 1. The second-order valence-electron chi connectivity index (χ2n) is 6.44. The smallest absolute Gasteiger partial charge is 0.254 e. The van der Waals surface area contributed by atoms with Crippen molar-refractivity contribution in [2.75, 3.05) is 13.1 Å². The molecule has 0 unspecified atom stereocenters. The van der Waals surface area contributed by atoms with E-state index >= 15 is 0 Å². The van der Waals surface area contributed by atoms with Crippen LogP contribution in [0.3, 0.4) is 0 Å². The van der Waals surface area contributed by atoms with E-state index in [1.54, 1.807) is 0 Å². The van der Waals surface area contributed by atoms with Crippen molar-refractivity contribution in [1.82, 2.24) is 19.7 Å². The summed E-state index contributed by atoms with van der Waals surface area (Å²) in [5, 5.41) is 8.66. The van der Waals surface area contributed by atoms with Gasteiger partial charge >= 0.3 is 0 Å². The molecule has 2 aliphatic heterocycles. The minimum absolute atomic E-state index is 0.0405. The van der Waals surface area contributed by atoms with Gasteiger partial charge in [0.1, 0.15) is 11.5 Å². The highest BCUT2D eigenvalue weighted by Crippen LogP contribution is 2.27. The summed E-state index contributed by atoms with van der Waals surface area (Å²) in [6.45, 7) is 7.67. The molecular formula is C18H20N6O.